The van der Waals surface area contributed by atoms with Crippen LogP contribution in [0.1, 0.15) is 34.3 Å². The van der Waals surface area contributed by atoms with E-state index in [0.29, 0.717) is 13.1 Å². The van der Waals surface area contributed by atoms with Gasteiger partial charge in [-0.05, 0) is 43.0 Å². The van der Waals surface area contributed by atoms with Crippen molar-refractivity contribution in [3.63, 3.8) is 0 Å². The molecule has 1 amide bonds. The number of ketones is 1. The molecule has 1 fully saturated rings. The minimum Gasteiger partial charge on any atom is -0.339 e. The number of benzene rings is 2. The lowest BCUT2D eigenvalue weighted by Gasteiger charge is -2.30. The molecule has 0 aromatic heterocycles. The number of rotatable bonds is 4. The molecule has 1 aliphatic rings. The Labute approximate surface area is 162 Å². The Morgan fingerprint density at radius 2 is 1.77 bits per heavy atom. The van der Waals surface area contributed by atoms with Crippen LogP contribution in [0.25, 0.3) is 6.08 Å². The van der Waals surface area contributed by atoms with Crippen molar-refractivity contribution >= 4 is 33.7 Å². The van der Waals surface area contributed by atoms with Crippen molar-refractivity contribution in [3.8, 4) is 0 Å². The highest BCUT2D eigenvalue weighted by atomic mass is 79.9. The summed E-state index contributed by atoms with van der Waals surface area (Å²) in [5.74, 6) is 0.205. The molecule has 0 saturated carbocycles. The smallest absolute Gasteiger partial charge is 0.246 e. The average molecular weight is 412 g/mol. The molecule has 1 heterocycles. The maximum absolute atomic E-state index is 12.5. The number of carbonyl (C=O) groups is 2. The molecule has 2 aromatic rings. The van der Waals surface area contributed by atoms with E-state index < -0.39 is 0 Å². The molecule has 3 nitrogen and oxygen atoms in total. The third kappa shape index (κ3) is 4.50. The van der Waals surface area contributed by atoms with Crippen LogP contribution in [0, 0.1) is 12.8 Å². The molecule has 0 radical (unpaired) electrons. The van der Waals surface area contributed by atoms with E-state index in [4.69, 9.17) is 0 Å². The van der Waals surface area contributed by atoms with Gasteiger partial charge in [0.2, 0.25) is 5.91 Å². The largest absolute Gasteiger partial charge is 0.339 e. The fraction of sp³-hybridized carbons (Fsp3) is 0.273. The van der Waals surface area contributed by atoms with Crippen molar-refractivity contribution in [2.75, 3.05) is 13.1 Å². The molecule has 1 aliphatic heterocycles. The van der Waals surface area contributed by atoms with Crippen LogP contribution < -0.4 is 0 Å². The van der Waals surface area contributed by atoms with Crippen molar-refractivity contribution in [1.82, 2.24) is 4.90 Å². The van der Waals surface area contributed by atoms with Crippen LogP contribution >= 0.6 is 15.9 Å². The van der Waals surface area contributed by atoms with Crippen molar-refractivity contribution in [2.45, 2.75) is 19.8 Å². The Morgan fingerprint density at radius 1 is 1.08 bits per heavy atom. The van der Waals surface area contributed by atoms with Gasteiger partial charge in [0, 0.05) is 35.1 Å². The molecule has 3 rings (SSSR count). The fourth-order valence-corrected chi connectivity index (χ4v) is 3.86. The van der Waals surface area contributed by atoms with Gasteiger partial charge in [-0.15, -0.1) is 0 Å². The molecule has 0 atom stereocenters. The van der Waals surface area contributed by atoms with Crippen molar-refractivity contribution in [2.24, 2.45) is 5.92 Å². The predicted molar refractivity (Wildman–Crippen MR) is 108 cm³/mol. The van der Waals surface area contributed by atoms with Crippen molar-refractivity contribution < 1.29 is 9.59 Å². The number of aryl methyl sites for hydroxylation is 1. The molecule has 0 bridgehead atoms. The van der Waals surface area contributed by atoms with Crippen LogP contribution in [0.4, 0.5) is 0 Å². The lowest BCUT2D eigenvalue weighted by atomic mass is 9.89. The zero-order valence-electron chi connectivity index (χ0n) is 14.8. The predicted octanol–water partition coefficient (Wildman–Crippen LogP) is 4.89. The SMILES string of the molecule is Cc1ccc(/C=C/C(=O)N2CCC(C(=O)c3ccccc3)CC2)c(Br)c1. The quantitative estimate of drug-likeness (QED) is 0.530. The number of nitrogens with zero attached hydrogens (tertiary/aromatic N) is 1. The van der Waals surface area contributed by atoms with Gasteiger partial charge in [-0.1, -0.05) is 58.4 Å². The van der Waals surface area contributed by atoms with Crippen molar-refractivity contribution in [3.05, 3.63) is 75.8 Å². The number of halogens is 1. The summed E-state index contributed by atoms with van der Waals surface area (Å²) in [7, 11) is 0. The molecule has 0 unspecified atom stereocenters. The number of hydrogen-bond acceptors (Lipinski definition) is 2. The van der Waals surface area contributed by atoms with Gasteiger partial charge in [-0.25, -0.2) is 0 Å². The first-order chi connectivity index (χ1) is 12.5. The highest BCUT2D eigenvalue weighted by Gasteiger charge is 2.27. The molecular formula is C22H22BrNO2. The van der Waals surface area contributed by atoms with Crippen molar-refractivity contribution in [1.29, 1.82) is 0 Å². The average Bonchev–Trinajstić information content (AvgIpc) is 2.67. The van der Waals surface area contributed by atoms with E-state index in [1.165, 1.54) is 5.56 Å². The molecule has 26 heavy (non-hydrogen) atoms. The number of Topliss-reactive ketones (excluding diaryl/α,β-unsaturated/α-hetero) is 1. The second-order valence-corrected chi connectivity index (χ2v) is 7.54. The molecule has 4 heteroatoms. The topological polar surface area (TPSA) is 37.4 Å². The van der Waals surface area contributed by atoms with Crippen LogP contribution in [-0.2, 0) is 4.79 Å². The molecular weight excluding hydrogens is 390 g/mol. The normalized spacial score (nSPS) is 15.4. The van der Waals surface area contributed by atoms with Crippen LogP contribution in [0.15, 0.2) is 59.1 Å². The van der Waals surface area contributed by atoms with E-state index in [0.717, 1.165) is 28.4 Å². The standard InChI is InChI=1S/C22H22BrNO2/c1-16-7-8-17(20(23)15-16)9-10-21(25)24-13-11-19(12-14-24)22(26)18-5-3-2-4-6-18/h2-10,15,19H,11-14H2,1H3/b10-9+. The molecule has 1 saturated heterocycles. The third-order valence-corrected chi connectivity index (χ3v) is 5.48. The Hall–Kier alpha value is -2.20. The summed E-state index contributed by atoms with van der Waals surface area (Å²) in [6, 6.07) is 15.5. The fourth-order valence-electron chi connectivity index (χ4n) is 3.23. The van der Waals surface area contributed by atoms with E-state index in [1.54, 1.807) is 6.08 Å². The summed E-state index contributed by atoms with van der Waals surface area (Å²) < 4.78 is 0.980. The number of carbonyl (C=O) groups excluding carboxylic acids is 2. The van der Waals surface area contributed by atoms with Crippen LogP contribution in [-0.4, -0.2) is 29.7 Å². The van der Waals surface area contributed by atoms with E-state index in [1.807, 2.05) is 66.4 Å². The van der Waals surface area contributed by atoms with Gasteiger partial charge in [0.1, 0.15) is 0 Å². The summed E-state index contributed by atoms with van der Waals surface area (Å²) in [6.07, 6.45) is 4.91. The van der Waals surface area contributed by atoms with E-state index >= 15 is 0 Å². The van der Waals surface area contributed by atoms with Crippen LogP contribution in [0.5, 0.6) is 0 Å². The zero-order valence-corrected chi connectivity index (χ0v) is 16.4. The van der Waals surface area contributed by atoms with Gasteiger partial charge in [-0.2, -0.15) is 0 Å². The highest BCUT2D eigenvalue weighted by Crippen LogP contribution is 2.23. The van der Waals surface area contributed by atoms with Gasteiger partial charge >= 0.3 is 0 Å². The summed E-state index contributed by atoms with van der Waals surface area (Å²) in [6.45, 7) is 3.28. The number of hydrogen-bond donors (Lipinski definition) is 0. The van der Waals surface area contributed by atoms with Gasteiger partial charge < -0.3 is 4.90 Å². The highest BCUT2D eigenvalue weighted by molar-refractivity contribution is 9.10. The number of piperidine rings is 1. The van der Waals surface area contributed by atoms with Gasteiger partial charge in [0.15, 0.2) is 5.78 Å². The van der Waals surface area contributed by atoms with E-state index in [9.17, 15) is 9.59 Å². The molecule has 0 N–H and O–H groups in total. The minimum atomic E-state index is 0.00286. The summed E-state index contributed by atoms with van der Waals surface area (Å²) >= 11 is 3.53. The Morgan fingerprint density at radius 3 is 2.42 bits per heavy atom. The Kier molecular flexibility index (Phi) is 6.04. The molecule has 134 valence electrons. The molecule has 0 aliphatic carbocycles. The number of likely N-dealkylation sites (tertiary alicyclic amines) is 1. The monoisotopic (exact) mass is 411 g/mol. The van der Waals surface area contributed by atoms with Crippen LogP contribution in [0.3, 0.4) is 0 Å². The van der Waals surface area contributed by atoms with Gasteiger partial charge in [-0.3, -0.25) is 9.59 Å². The Balaban J connectivity index is 1.56. The first kappa shape index (κ1) is 18.6. The molecule has 0 spiro atoms. The Bertz CT molecular complexity index is 821. The van der Waals surface area contributed by atoms with Crippen LogP contribution in [0.2, 0.25) is 0 Å². The first-order valence-corrected chi connectivity index (χ1v) is 9.66. The minimum absolute atomic E-state index is 0.00286. The maximum atomic E-state index is 12.5. The lowest BCUT2D eigenvalue weighted by molar-refractivity contribution is -0.127. The van der Waals surface area contributed by atoms with Gasteiger partial charge in [0.05, 0.1) is 0 Å². The first-order valence-electron chi connectivity index (χ1n) is 8.87. The maximum Gasteiger partial charge on any atom is 0.246 e. The third-order valence-electron chi connectivity index (χ3n) is 4.80. The second kappa shape index (κ2) is 8.45. The number of amides is 1. The summed E-state index contributed by atoms with van der Waals surface area (Å²) in [5, 5.41) is 0. The molecule has 2 aromatic carbocycles. The lowest BCUT2D eigenvalue weighted by Crippen LogP contribution is -2.39. The van der Waals surface area contributed by atoms with E-state index in [-0.39, 0.29) is 17.6 Å². The van der Waals surface area contributed by atoms with Gasteiger partial charge in [0.25, 0.3) is 0 Å². The second-order valence-electron chi connectivity index (χ2n) is 6.69. The zero-order chi connectivity index (χ0) is 18.5. The van der Waals surface area contributed by atoms with E-state index in [2.05, 4.69) is 15.9 Å². The summed E-state index contributed by atoms with van der Waals surface area (Å²) in [4.78, 5) is 26.8. The summed E-state index contributed by atoms with van der Waals surface area (Å²) in [5.41, 5.74) is 2.92.